The molecule has 2 N–H and O–H groups in total. The average molecular weight is 317 g/mol. The maximum atomic E-state index is 13.0. The van der Waals surface area contributed by atoms with Gasteiger partial charge in [0.25, 0.3) is 5.69 Å². The van der Waals surface area contributed by atoms with Gasteiger partial charge in [-0.1, -0.05) is 0 Å². The third-order valence-electron chi connectivity index (χ3n) is 3.35. The van der Waals surface area contributed by atoms with E-state index in [1.807, 2.05) is 0 Å². The number of halogens is 1. The molecule has 21 heavy (non-hydrogen) atoms. The third kappa shape index (κ3) is 3.96. The first kappa shape index (κ1) is 15.8. The van der Waals surface area contributed by atoms with Crippen LogP contribution in [0.4, 0.5) is 10.1 Å². The van der Waals surface area contributed by atoms with Crippen molar-refractivity contribution < 1.29 is 17.7 Å². The molecule has 0 spiro atoms. The number of hydrogen-bond acceptors (Lipinski definition) is 5. The summed E-state index contributed by atoms with van der Waals surface area (Å²) in [6.45, 7) is 1.09. The Morgan fingerprint density at radius 3 is 2.86 bits per heavy atom. The number of nitrogens with zero attached hydrogens (tertiary/aromatic N) is 1. The molecular formula is C12H16FN3O4S. The lowest BCUT2D eigenvalue weighted by Gasteiger charge is -2.11. The number of sulfonamides is 1. The fourth-order valence-corrected chi connectivity index (χ4v) is 3.51. The Morgan fingerprint density at radius 1 is 1.48 bits per heavy atom. The van der Waals surface area contributed by atoms with Gasteiger partial charge in [-0.05, 0) is 37.9 Å². The molecule has 0 aliphatic carbocycles. The van der Waals surface area contributed by atoms with E-state index in [0.717, 1.165) is 31.5 Å². The summed E-state index contributed by atoms with van der Waals surface area (Å²) < 4.78 is 39.5. The summed E-state index contributed by atoms with van der Waals surface area (Å²) >= 11 is 0. The zero-order chi connectivity index (χ0) is 15.5. The van der Waals surface area contributed by atoms with E-state index in [1.54, 1.807) is 0 Å². The zero-order valence-corrected chi connectivity index (χ0v) is 12.0. The summed E-state index contributed by atoms with van der Waals surface area (Å²) in [5.41, 5.74) is -0.763. The Bertz CT molecular complexity index is 629. The van der Waals surface area contributed by atoms with Crippen LogP contribution in [0.5, 0.6) is 0 Å². The first-order valence-corrected chi connectivity index (χ1v) is 8.05. The number of hydrogen-bond donors (Lipinski definition) is 2. The van der Waals surface area contributed by atoms with Crippen molar-refractivity contribution in [2.24, 2.45) is 0 Å². The van der Waals surface area contributed by atoms with E-state index < -0.39 is 31.3 Å². The van der Waals surface area contributed by atoms with Gasteiger partial charge >= 0.3 is 0 Å². The second kappa shape index (κ2) is 6.46. The summed E-state index contributed by atoms with van der Waals surface area (Å²) in [4.78, 5) is 9.41. The minimum atomic E-state index is -4.03. The number of nitro groups is 1. The van der Waals surface area contributed by atoms with Crippen LogP contribution in [-0.4, -0.2) is 32.5 Å². The van der Waals surface area contributed by atoms with Gasteiger partial charge in [0.05, 0.1) is 11.0 Å². The van der Waals surface area contributed by atoms with E-state index in [0.29, 0.717) is 12.5 Å². The number of rotatable bonds is 6. The van der Waals surface area contributed by atoms with Crippen LogP contribution in [0.25, 0.3) is 0 Å². The van der Waals surface area contributed by atoms with Gasteiger partial charge < -0.3 is 5.32 Å². The standard InChI is InChI=1S/C12H16FN3O4S/c13-9-3-4-12(11(8-9)16(17)18)21(19,20)15-7-5-10-2-1-6-14-10/h3-4,8,10,14-15H,1-2,5-7H2. The maximum Gasteiger partial charge on any atom is 0.292 e. The van der Waals surface area contributed by atoms with Crippen LogP contribution < -0.4 is 10.0 Å². The molecular weight excluding hydrogens is 301 g/mol. The minimum absolute atomic E-state index is 0.175. The summed E-state index contributed by atoms with van der Waals surface area (Å²) in [6, 6.07) is 2.66. The molecule has 1 aliphatic heterocycles. The summed E-state index contributed by atoms with van der Waals surface area (Å²) in [5, 5.41) is 14.1. The van der Waals surface area contributed by atoms with Crippen LogP contribution >= 0.6 is 0 Å². The lowest BCUT2D eigenvalue weighted by atomic mass is 10.2. The first-order chi connectivity index (χ1) is 9.90. The Balaban J connectivity index is 2.09. The summed E-state index contributed by atoms with van der Waals surface area (Å²) in [6.07, 6.45) is 2.65. The van der Waals surface area contributed by atoms with Crippen LogP contribution in [0.15, 0.2) is 23.1 Å². The fourth-order valence-electron chi connectivity index (χ4n) is 2.31. The van der Waals surface area contributed by atoms with Crippen molar-refractivity contribution in [3.8, 4) is 0 Å². The summed E-state index contributed by atoms with van der Waals surface area (Å²) in [5.74, 6) is -0.851. The lowest BCUT2D eigenvalue weighted by molar-refractivity contribution is -0.388. The SMILES string of the molecule is O=[N+]([O-])c1cc(F)ccc1S(=O)(=O)NCCC1CCCN1. The molecule has 7 nitrogen and oxygen atoms in total. The lowest BCUT2D eigenvalue weighted by Crippen LogP contribution is -2.31. The molecule has 1 atom stereocenters. The second-order valence-electron chi connectivity index (χ2n) is 4.85. The molecule has 1 unspecified atom stereocenters. The minimum Gasteiger partial charge on any atom is -0.314 e. The van der Waals surface area contributed by atoms with Crippen LogP contribution in [0.2, 0.25) is 0 Å². The fraction of sp³-hybridized carbons (Fsp3) is 0.500. The molecule has 1 aromatic rings. The first-order valence-electron chi connectivity index (χ1n) is 6.57. The molecule has 0 aromatic heterocycles. The molecule has 116 valence electrons. The maximum absolute atomic E-state index is 13.0. The predicted molar refractivity (Wildman–Crippen MR) is 73.9 cm³/mol. The molecule has 0 radical (unpaired) electrons. The quantitative estimate of drug-likeness (QED) is 0.605. The molecule has 1 aliphatic rings. The molecule has 0 saturated carbocycles. The monoisotopic (exact) mass is 317 g/mol. The highest BCUT2D eigenvalue weighted by atomic mass is 32.2. The van der Waals surface area contributed by atoms with Crippen LogP contribution in [0.1, 0.15) is 19.3 Å². The van der Waals surface area contributed by atoms with E-state index in [9.17, 15) is 22.9 Å². The van der Waals surface area contributed by atoms with Crippen LogP contribution in [-0.2, 0) is 10.0 Å². The average Bonchev–Trinajstić information content (AvgIpc) is 2.91. The third-order valence-corrected chi connectivity index (χ3v) is 4.86. The van der Waals surface area contributed by atoms with Gasteiger partial charge in [-0.15, -0.1) is 0 Å². The van der Waals surface area contributed by atoms with Gasteiger partial charge in [-0.2, -0.15) is 0 Å². The largest absolute Gasteiger partial charge is 0.314 e. The van der Waals surface area contributed by atoms with Gasteiger partial charge in [0.2, 0.25) is 10.0 Å². The highest BCUT2D eigenvalue weighted by molar-refractivity contribution is 7.89. The highest BCUT2D eigenvalue weighted by Gasteiger charge is 2.26. The van der Waals surface area contributed by atoms with Crippen molar-refractivity contribution in [3.05, 3.63) is 34.1 Å². The summed E-state index contributed by atoms with van der Waals surface area (Å²) in [7, 11) is -4.03. The van der Waals surface area contributed by atoms with Crippen molar-refractivity contribution in [1.82, 2.24) is 10.0 Å². The molecule has 1 heterocycles. The van der Waals surface area contributed by atoms with Crippen LogP contribution in [0.3, 0.4) is 0 Å². The van der Waals surface area contributed by atoms with Gasteiger partial charge in [0.15, 0.2) is 4.90 Å². The molecule has 1 saturated heterocycles. The van der Waals surface area contributed by atoms with E-state index in [4.69, 9.17) is 0 Å². The molecule has 1 aromatic carbocycles. The number of nitro benzene ring substituents is 1. The van der Waals surface area contributed by atoms with Crippen molar-refractivity contribution in [3.63, 3.8) is 0 Å². The Hall–Kier alpha value is -1.58. The smallest absolute Gasteiger partial charge is 0.292 e. The van der Waals surface area contributed by atoms with E-state index in [-0.39, 0.29) is 12.6 Å². The highest BCUT2D eigenvalue weighted by Crippen LogP contribution is 2.24. The topological polar surface area (TPSA) is 101 Å². The van der Waals surface area contributed by atoms with Crippen molar-refractivity contribution in [1.29, 1.82) is 0 Å². The van der Waals surface area contributed by atoms with E-state index in [2.05, 4.69) is 10.0 Å². The van der Waals surface area contributed by atoms with Gasteiger partial charge in [0, 0.05) is 12.6 Å². The molecule has 0 amide bonds. The van der Waals surface area contributed by atoms with E-state index in [1.165, 1.54) is 0 Å². The van der Waals surface area contributed by atoms with Gasteiger partial charge in [-0.25, -0.2) is 17.5 Å². The van der Waals surface area contributed by atoms with Gasteiger partial charge in [-0.3, -0.25) is 10.1 Å². The Morgan fingerprint density at radius 2 is 2.24 bits per heavy atom. The normalized spacial score (nSPS) is 18.8. The molecule has 9 heteroatoms. The molecule has 0 bridgehead atoms. The van der Waals surface area contributed by atoms with Crippen molar-refractivity contribution in [2.75, 3.05) is 13.1 Å². The predicted octanol–water partition coefficient (Wildman–Crippen LogP) is 1.15. The zero-order valence-electron chi connectivity index (χ0n) is 11.2. The van der Waals surface area contributed by atoms with Crippen LogP contribution in [0, 0.1) is 15.9 Å². The van der Waals surface area contributed by atoms with Crippen molar-refractivity contribution >= 4 is 15.7 Å². The van der Waals surface area contributed by atoms with E-state index >= 15 is 0 Å². The number of benzene rings is 1. The van der Waals surface area contributed by atoms with Crippen molar-refractivity contribution in [2.45, 2.75) is 30.2 Å². The second-order valence-corrected chi connectivity index (χ2v) is 6.58. The molecule has 1 fully saturated rings. The molecule has 2 rings (SSSR count). The Kier molecular flexibility index (Phi) is 4.86. The van der Waals surface area contributed by atoms with Gasteiger partial charge in [0.1, 0.15) is 5.82 Å². The number of nitrogens with one attached hydrogen (secondary N) is 2. The Labute approximate surface area is 121 Å².